The van der Waals surface area contributed by atoms with Crippen LogP contribution in [-0.4, -0.2) is 23.1 Å². The number of nitrogens with zero attached hydrogens (tertiary/aromatic N) is 2. The first-order valence-electron chi connectivity index (χ1n) is 7.50. The van der Waals surface area contributed by atoms with Gasteiger partial charge in [-0.05, 0) is 43.9 Å². The third-order valence-corrected chi connectivity index (χ3v) is 3.53. The van der Waals surface area contributed by atoms with Crippen LogP contribution in [0.25, 0.3) is 6.08 Å². The smallest absolute Gasteiger partial charge is 0.349 e. The van der Waals surface area contributed by atoms with E-state index in [2.05, 4.69) is 23.2 Å². The lowest BCUT2D eigenvalue weighted by Gasteiger charge is -2.11. The standard InChI is InChI=1S/C17H23N3O3/c1-11(2)5-6-20-12(3)7-14(13(20)4)8-15(9-18)17(22)23-10-16(19)21/h7-8,11H,5-6,10H2,1-4H3,(H2,19,21)/b15-8+. The van der Waals surface area contributed by atoms with Crippen molar-refractivity contribution < 1.29 is 14.3 Å². The van der Waals surface area contributed by atoms with Crippen LogP contribution < -0.4 is 5.73 Å². The van der Waals surface area contributed by atoms with E-state index in [1.165, 1.54) is 6.08 Å². The summed E-state index contributed by atoms with van der Waals surface area (Å²) in [6.45, 7) is 8.61. The van der Waals surface area contributed by atoms with Crippen LogP contribution in [0, 0.1) is 31.1 Å². The number of primary amides is 1. The lowest BCUT2D eigenvalue weighted by Crippen LogP contribution is -2.21. The van der Waals surface area contributed by atoms with E-state index in [1.54, 1.807) is 6.07 Å². The Morgan fingerprint density at radius 1 is 1.43 bits per heavy atom. The van der Waals surface area contributed by atoms with E-state index in [1.807, 2.05) is 19.9 Å². The van der Waals surface area contributed by atoms with E-state index < -0.39 is 18.5 Å². The number of aryl methyl sites for hydroxylation is 1. The van der Waals surface area contributed by atoms with E-state index >= 15 is 0 Å². The normalized spacial score (nSPS) is 11.4. The van der Waals surface area contributed by atoms with Crippen LogP contribution >= 0.6 is 0 Å². The van der Waals surface area contributed by atoms with Crippen molar-refractivity contribution in [1.82, 2.24) is 4.57 Å². The van der Waals surface area contributed by atoms with Crippen molar-refractivity contribution in [1.29, 1.82) is 5.26 Å². The van der Waals surface area contributed by atoms with E-state index in [-0.39, 0.29) is 5.57 Å². The zero-order valence-corrected chi connectivity index (χ0v) is 14.0. The summed E-state index contributed by atoms with van der Waals surface area (Å²) in [6, 6.07) is 3.73. The van der Waals surface area contributed by atoms with Crippen LogP contribution in [0.15, 0.2) is 11.6 Å². The molecule has 1 amide bonds. The summed E-state index contributed by atoms with van der Waals surface area (Å²) in [5.74, 6) is -1.02. The molecule has 0 aromatic carbocycles. The topological polar surface area (TPSA) is 98.1 Å². The molecule has 0 aliphatic carbocycles. The van der Waals surface area contributed by atoms with Gasteiger partial charge in [0, 0.05) is 17.9 Å². The summed E-state index contributed by atoms with van der Waals surface area (Å²) in [6.07, 6.45) is 2.53. The second-order valence-electron chi connectivity index (χ2n) is 5.87. The summed E-state index contributed by atoms with van der Waals surface area (Å²) in [5.41, 5.74) is 7.60. The van der Waals surface area contributed by atoms with Gasteiger partial charge in [-0.3, -0.25) is 4.79 Å². The van der Waals surface area contributed by atoms with Crippen molar-refractivity contribution in [3.63, 3.8) is 0 Å². The minimum absolute atomic E-state index is 0.157. The van der Waals surface area contributed by atoms with Crippen LogP contribution in [0.3, 0.4) is 0 Å². The highest BCUT2D eigenvalue weighted by Crippen LogP contribution is 2.20. The predicted molar refractivity (Wildman–Crippen MR) is 87.1 cm³/mol. The van der Waals surface area contributed by atoms with Gasteiger partial charge in [0.1, 0.15) is 11.6 Å². The molecular formula is C17H23N3O3. The van der Waals surface area contributed by atoms with Crippen LogP contribution in [0.4, 0.5) is 0 Å². The van der Waals surface area contributed by atoms with Crippen LogP contribution in [-0.2, 0) is 20.9 Å². The Bertz CT molecular complexity index is 663. The van der Waals surface area contributed by atoms with Gasteiger partial charge >= 0.3 is 5.97 Å². The number of nitriles is 1. The first kappa shape index (κ1) is 18.5. The number of hydrogen-bond donors (Lipinski definition) is 1. The van der Waals surface area contributed by atoms with Gasteiger partial charge in [-0.25, -0.2) is 4.79 Å². The summed E-state index contributed by atoms with van der Waals surface area (Å²) in [5, 5.41) is 9.12. The lowest BCUT2D eigenvalue weighted by molar-refractivity contribution is -0.143. The van der Waals surface area contributed by atoms with Gasteiger partial charge in [-0.1, -0.05) is 13.8 Å². The number of hydrogen-bond acceptors (Lipinski definition) is 4. The first-order chi connectivity index (χ1) is 10.8. The number of rotatable bonds is 7. The van der Waals surface area contributed by atoms with Crippen molar-refractivity contribution in [2.24, 2.45) is 11.7 Å². The fraction of sp³-hybridized carbons (Fsp3) is 0.471. The Balaban J connectivity index is 3.01. The molecule has 0 fully saturated rings. The van der Waals surface area contributed by atoms with Crippen molar-refractivity contribution in [3.05, 3.63) is 28.6 Å². The minimum Gasteiger partial charge on any atom is -0.451 e. The number of ether oxygens (including phenoxy) is 1. The number of amides is 1. The summed E-state index contributed by atoms with van der Waals surface area (Å²) >= 11 is 0. The molecule has 0 aliphatic heterocycles. The summed E-state index contributed by atoms with van der Waals surface area (Å²) in [4.78, 5) is 22.4. The molecule has 0 atom stereocenters. The Hall–Kier alpha value is -2.55. The molecule has 0 saturated carbocycles. The minimum atomic E-state index is -0.849. The molecule has 6 heteroatoms. The molecule has 23 heavy (non-hydrogen) atoms. The van der Waals surface area contributed by atoms with Gasteiger partial charge in [-0.15, -0.1) is 0 Å². The van der Waals surface area contributed by atoms with Gasteiger partial charge in [0.2, 0.25) is 0 Å². The second kappa shape index (κ2) is 8.18. The molecule has 0 spiro atoms. The SMILES string of the molecule is Cc1cc(/C=C(\C#N)C(=O)OCC(N)=O)c(C)n1CCC(C)C. The van der Waals surface area contributed by atoms with Crippen LogP contribution in [0.2, 0.25) is 0 Å². The van der Waals surface area contributed by atoms with Gasteiger partial charge in [-0.2, -0.15) is 5.26 Å². The molecule has 2 N–H and O–H groups in total. The van der Waals surface area contributed by atoms with Crippen molar-refractivity contribution >= 4 is 18.0 Å². The number of carbonyl (C=O) groups excluding carboxylic acids is 2. The molecule has 0 aliphatic rings. The Labute approximate surface area is 136 Å². The second-order valence-corrected chi connectivity index (χ2v) is 5.87. The van der Waals surface area contributed by atoms with Crippen molar-refractivity contribution in [2.75, 3.05) is 6.61 Å². The third kappa shape index (κ3) is 5.29. The van der Waals surface area contributed by atoms with E-state index in [0.717, 1.165) is 29.9 Å². The predicted octanol–water partition coefficient (Wildman–Crippen LogP) is 2.09. The summed E-state index contributed by atoms with van der Waals surface area (Å²) in [7, 11) is 0. The zero-order chi connectivity index (χ0) is 17.6. The highest BCUT2D eigenvalue weighted by molar-refractivity contribution is 5.98. The maximum Gasteiger partial charge on any atom is 0.349 e. The average molecular weight is 317 g/mol. The fourth-order valence-corrected chi connectivity index (χ4v) is 2.21. The number of carbonyl (C=O) groups is 2. The van der Waals surface area contributed by atoms with E-state index in [4.69, 9.17) is 11.0 Å². The maximum absolute atomic E-state index is 11.8. The molecule has 0 bridgehead atoms. The Kier molecular flexibility index (Phi) is 6.58. The Morgan fingerprint density at radius 3 is 2.61 bits per heavy atom. The van der Waals surface area contributed by atoms with Gasteiger partial charge in [0.15, 0.2) is 6.61 Å². The number of aromatic nitrogens is 1. The van der Waals surface area contributed by atoms with E-state index in [0.29, 0.717) is 5.92 Å². The quantitative estimate of drug-likeness (QED) is 0.473. The van der Waals surface area contributed by atoms with Crippen molar-refractivity contribution in [3.8, 4) is 6.07 Å². The lowest BCUT2D eigenvalue weighted by atomic mass is 10.1. The molecule has 1 aromatic rings. The molecule has 0 unspecified atom stereocenters. The molecule has 124 valence electrons. The molecule has 1 rings (SSSR count). The first-order valence-corrected chi connectivity index (χ1v) is 7.50. The third-order valence-electron chi connectivity index (χ3n) is 3.53. The highest BCUT2D eigenvalue weighted by Gasteiger charge is 2.14. The van der Waals surface area contributed by atoms with E-state index in [9.17, 15) is 9.59 Å². The molecule has 1 heterocycles. The largest absolute Gasteiger partial charge is 0.451 e. The van der Waals surface area contributed by atoms with Crippen LogP contribution in [0.1, 0.15) is 37.2 Å². The van der Waals surface area contributed by atoms with Gasteiger partial charge in [0.25, 0.3) is 5.91 Å². The number of nitrogens with two attached hydrogens (primary N) is 1. The number of esters is 1. The fourth-order valence-electron chi connectivity index (χ4n) is 2.21. The molecule has 1 aromatic heterocycles. The van der Waals surface area contributed by atoms with Gasteiger partial charge < -0.3 is 15.0 Å². The monoisotopic (exact) mass is 317 g/mol. The Morgan fingerprint density at radius 2 is 2.09 bits per heavy atom. The molecule has 0 saturated heterocycles. The van der Waals surface area contributed by atoms with Gasteiger partial charge in [0.05, 0.1) is 0 Å². The zero-order valence-electron chi connectivity index (χ0n) is 14.0. The highest BCUT2D eigenvalue weighted by atomic mass is 16.5. The molecular weight excluding hydrogens is 294 g/mol. The summed E-state index contributed by atoms with van der Waals surface area (Å²) < 4.78 is 6.84. The van der Waals surface area contributed by atoms with Crippen LogP contribution in [0.5, 0.6) is 0 Å². The molecule has 0 radical (unpaired) electrons. The average Bonchev–Trinajstić information content (AvgIpc) is 2.74. The maximum atomic E-state index is 11.8. The molecule has 6 nitrogen and oxygen atoms in total. The van der Waals surface area contributed by atoms with Crippen molar-refractivity contribution in [2.45, 2.75) is 40.7 Å².